The van der Waals surface area contributed by atoms with Crippen LogP contribution < -0.4 is 9.64 Å². The lowest BCUT2D eigenvalue weighted by Gasteiger charge is -2.41. The number of piperidine rings is 1. The van der Waals surface area contributed by atoms with Gasteiger partial charge in [0.2, 0.25) is 0 Å². The van der Waals surface area contributed by atoms with Gasteiger partial charge in [-0.1, -0.05) is 26.0 Å². The van der Waals surface area contributed by atoms with E-state index in [1.807, 2.05) is 46.8 Å². The fourth-order valence-electron chi connectivity index (χ4n) is 5.84. The maximum Gasteiger partial charge on any atom is 0.337 e. The zero-order valence-electron chi connectivity index (χ0n) is 26.4. The van der Waals surface area contributed by atoms with Crippen molar-refractivity contribution in [3.63, 3.8) is 0 Å². The highest BCUT2D eigenvalue weighted by molar-refractivity contribution is 5.88. The van der Waals surface area contributed by atoms with Gasteiger partial charge in [0.05, 0.1) is 11.3 Å². The molecular weight excluding hydrogens is 516 g/mol. The highest BCUT2D eigenvalue weighted by Gasteiger charge is 2.36. The number of piperazine rings is 1. The normalized spacial score (nSPS) is 19.3. The molecule has 1 unspecified atom stereocenters. The number of aliphatic carboxylic acids is 1. The van der Waals surface area contributed by atoms with Crippen molar-refractivity contribution < 1.29 is 19.4 Å². The number of hydrogen-bond acceptors (Lipinski definition) is 7. The molecule has 3 heterocycles. The number of likely N-dealkylation sites (N-methyl/N-ethyl adjacent to an activating group) is 1. The molecule has 1 atom stereocenters. The van der Waals surface area contributed by atoms with Crippen LogP contribution in [0.5, 0.6) is 5.75 Å². The fourth-order valence-corrected chi connectivity index (χ4v) is 5.84. The average Bonchev–Trinajstić information content (AvgIpc) is 2.88. The number of nitrogens with zero attached hydrogens (tertiary/aromatic N) is 4. The summed E-state index contributed by atoms with van der Waals surface area (Å²) < 4.78 is 12.3. The molecule has 0 spiro atoms. The molecule has 226 valence electrons. The highest BCUT2D eigenvalue weighted by Crippen LogP contribution is 2.45. The van der Waals surface area contributed by atoms with E-state index in [1.54, 1.807) is 0 Å². The third-order valence-electron chi connectivity index (χ3n) is 8.39. The summed E-state index contributed by atoms with van der Waals surface area (Å²) >= 11 is 0. The van der Waals surface area contributed by atoms with Gasteiger partial charge in [-0.2, -0.15) is 0 Å². The van der Waals surface area contributed by atoms with Crippen LogP contribution >= 0.6 is 0 Å². The van der Waals surface area contributed by atoms with Gasteiger partial charge in [0.15, 0.2) is 6.10 Å². The van der Waals surface area contributed by atoms with Crippen molar-refractivity contribution in [1.29, 1.82) is 0 Å². The molecule has 1 aromatic heterocycles. The molecule has 0 bridgehead atoms. The number of anilines is 1. The van der Waals surface area contributed by atoms with E-state index in [9.17, 15) is 9.90 Å². The quantitative estimate of drug-likeness (QED) is 0.423. The summed E-state index contributed by atoms with van der Waals surface area (Å²) in [6, 6.07) is 8.18. The van der Waals surface area contributed by atoms with E-state index in [4.69, 9.17) is 14.5 Å². The molecule has 0 radical (unpaired) electrons. The first kappa shape index (κ1) is 31.3. The van der Waals surface area contributed by atoms with Crippen LogP contribution in [-0.2, 0) is 9.53 Å². The molecular formula is C33H50N4O4. The fraction of sp³-hybridized carbons (Fsp3) is 0.636. The van der Waals surface area contributed by atoms with Gasteiger partial charge >= 0.3 is 5.97 Å². The Balaban J connectivity index is 1.67. The Labute approximate surface area is 246 Å². The molecule has 2 aliphatic heterocycles. The molecule has 8 nitrogen and oxygen atoms in total. The molecule has 2 aliphatic rings. The molecule has 0 aliphatic carbocycles. The van der Waals surface area contributed by atoms with Crippen molar-refractivity contribution in [1.82, 2.24) is 14.8 Å². The smallest absolute Gasteiger partial charge is 0.337 e. The zero-order valence-corrected chi connectivity index (χ0v) is 26.4. The van der Waals surface area contributed by atoms with Crippen LogP contribution in [-0.4, -0.2) is 90.9 Å². The molecule has 8 heteroatoms. The number of carboxylic acid groups (broad SMARTS) is 1. The van der Waals surface area contributed by atoms with Crippen molar-refractivity contribution in [2.45, 2.75) is 73.0 Å². The molecule has 2 aromatic rings. The summed E-state index contributed by atoms with van der Waals surface area (Å²) in [6.07, 6.45) is 0.943. The number of benzene rings is 1. The molecule has 1 N–H and O–H groups in total. The van der Waals surface area contributed by atoms with Crippen molar-refractivity contribution in [3.05, 3.63) is 41.2 Å². The second-order valence-electron chi connectivity index (χ2n) is 13.5. The van der Waals surface area contributed by atoms with Gasteiger partial charge in [0.1, 0.15) is 12.4 Å². The number of pyridine rings is 1. The van der Waals surface area contributed by atoms with Crippen LogP contribution in [0.1, 0.15) is 70.5 Å². The van der Waals surface area contributed by atoms with E-state index < -0.39 is 17.7 Å². The standard InChI is InChI=1S/C33H50N4O4/c1-23-27(25-9-11-26(12-10-25)40-22-21-36-19-17-35(8)18-20-36)29(37-15-13-33(6,7)14-16-37)28(24(2)34-23)30(31(38)39)41-32(3,4)5/h9-12,30H,13-22H2,1-8H3,(H,38,39). The van der Waals surface area contributed by atoms with Gasteiger partial charge < -0.3 is 24.4 Å². The van der Waals surface area contributed by atoms with Gasteiger partial charge in [-0.3, -0.25) is 9.88 Å². The third-order valence-corrected chi connectivity index (χ3v) is 8.39. The SMILES string of the molecule is Cc1nc(C)c(C(OC(C)(C)C)C(=O)O)c(N2CCC(C)(C)CC2)c1-c1ccc(OCCN2CCN(C)CC2)cc1. The van der Waals surface area contributed by atoms with Gasteiger partial charge in [-0.15, -0.1) is 0 Å². The second-order valence-corrected chi connectivity index (χ2v) is 13.5. The Morgan fingerprint density at radius 3 is 2.17 bits per heavy atom. The predicted octanol–water partition coefficient (Wildman–Crippen LogP) is 5.56. The van der Waals surface area contributed by atoms with E-state index in [0.29, 0.717) is 17.9 Å². The maximum absolute atomic E-state index is 12.7. The highest BCUT2D eigenvalue weighted by atomic mass is 16.5. The van der Waals surface area contributed by atoms with Gasteiger partial charge in [-0.05, 0) is 77.6 Å². The first-order valence-electron chi connectivity index (χ1n) is 15.0. The number of ether oxygens (including phenoxy) is 2. The molecule has 2 fully saturated rings. The third kappa shape index (κ3) is 7.99. The zero-order chi connectivity index (χ0) is 29.9. The summed E-state index contributed by atoms with van der Waals surface area (Å²) in [7, 11) is 2.17. The number of hydrogen-bond donors (Lipinski definition) is 1. The van der Waals surface area contributed by atoms with Crippen molar-refractivity contribution in [2.24, 2.45) is 5.41 Å². The number of aromatic nitrogens is 1. The van der Waals surface area contributed by atoms with Crippen LogP contribution in [0.15, 0.2) is 24.3 Å². The first-order chi connectivity index (χ1) is 19.2. The summed E-state index contributed by atoms with van der Waals surface area (Å²) in [5.74, 6) is -0.163. The Morgan fingerprint density at radius 1 is 1.00 bits per heavy atom. The van der Waals surface area contributed by atoms with E-state index in [2.05, 4.69) is 47.7 Å². The lowest BCUT2D eigenvalue weighted by Crippen LogP contribution is -2.45. The Bertz CT molecular complexity index is 1190. The first-order valence-corrected chi connectivity index (χ1v) is 15.0. The minimum atomic E-state index is -1.12. The van der Waals surface area contributed by atoms with Crippen LogP contribution in [0.4, 0.5) is 5.69 Å². The lowest BCUT2D eigenvalue weighted by molar-refractivity contribution is -0.160. The lowest BCUT2D eigenvalue weighted by atomic mass is 9.82. The number of carboxylic acids is 1. The molecule has 41 heavy (non-hydrogen) atoms. The molecule has 0 amide bonds. The van der Waals surface area contributed by atoms with Gasteiger partial charge in [-0.25, -0.2) is 4.79 Å². The van der Waals surface area contributed by atoms with Crippen molar-refractivity contribution in [2.75, 3.05) is 64.4 Å². The number of carbonyl (C=O) groups is 1. The Kier molecular flexibility index (Phi) is 9.66. The minimum Gasteiger partial charge on any atom is -0.492 e. The number of aryl methyl sites for hydroxylation is 2. The predicted molar refractivity (Wildman–Crippen MR) is 165 cm³/mol. The van der Waals surface area contributed by atoms with E-state index in [1.165, 1.54) is 0 Å². The van der Waals surface area contributed by atoms with Crippen LogP contribution in [0.3, 0.4) is 0 Å². The van der Waals surface area contributed by atoms with Crippen molar-refractivity contribution in [3.8, 4) is 16.9 Å². The molecule has 2 saturated heterocycles. The topological polar surface area (TPSA) is 78.4 Å². The molecule has 1 aromatic carbocycles. The Hall–Kier alpha value is -2.68. The molecule has 4 rings (SSSR count). The summed E-state index contributed by atoms with van der Waals surface area (Å²) in [5.41, 5.74) is 4.77. The van der Waals surface area contributed by atoms with Gasteiger partial charge in [0, 0.05) is 68.3 Å². The summed E-state index contributed by atoms with van der Waals surface area (Å²) in [4.78, 5) is 24.7. The van der Waals surface area contributed by atoms with Crippen molar-refractivity contribution >= 4 is 11.7 Å². The minimum absolute atomic E-state index is 0.255. The maximum atomic E-state index is 12.7. The van der Waals surface area contributed by atoms with E-state index in [0.717, 1.165) is 86.9 Å². The van der Waals surface area contributed by atoms with E-state index >= 15 is 0 Å². The Morgan fingerprint density at radius 2 is 1.61 bits per heavy atom. The van der Waals surface area contributed by atoms with Gasteiger partial charge in [0.25, 0.3) is 0 Å². The summed E-state index contributed by atoms with van der Waals surface area (Å²) in [5, 5.41) is 10.4. The largest absolute Gasteiger partial charge is 0.492 e. The summed E-state index contributed by atoms with van der Waals surface area (Å²) in [6.45, 7) is 21.8. The number of rotatable bonds is 9. The van der Waals surface area contributed by atoms with Crippen LogP contribution in [0.25, 0.3) is 11.1 Å². The van der Waals surface area contributed by atoms with Crippen LogP contribution in [0, 0.1) is 19.3 Å². The van der Waals surface area contributed by atoms with E-state index in [-0.39, 0.29) is 5.41 Å². The average molecular weight is 567 g/mol. The second kappa shape index (κ2) is 12.7. The molecule has 0 saturated carbocycles. The monoisotopic (exact) mass is 566 g/mol. The van der Waals surface area contributed by atoms with Crippen LogP contribution in [0.2, 0.25) is 0 Å².